The molecule has 13 heteroatoms. The minimum atomic E-state index is -0.957. The summed E-state index contributed by atoms with van der Waals surface area (Å²) in [4.78, 5) is 54.1. The molecule has 0 radical (unpaired) electrons. The van der Waals surface area contributed by atoms with Gasteiger partial charge in [-0.05, 0) is 17.6 Å². The topological polar surface area (TPSA) is 160 Å². The molecule has 0 aromatic rings. The molecule has 5 N–H and O–H groups in total. The molecular formula is C22H42N6O6S. The lowest BCUT2D eigenvalue weighted by molar-refractivity contribution is -0.139. The molecule has 0 aromatic heterocycles. The number of aliphatic carboxylic acids is 2. The summed E-state index contributed by atoms with van der Waals surface area (Å²) in [6.07, 6.45) is 0.862. The van der Waals surface area contributed by atoms with E-state index in [-0.39, 0.29) is 37.5 Å². The molecule has 1 saturated heterocycles. The number of carbonyl (C=O) groups excluding carboxylic acids is 2. The molecule has 0 aromatic carbocycles. The number of rotatable bonds is 12. The van der Waals surface area contributed by atoms with Crippen molar-refractivity contribution in [1.29, 1.82) is 0 Å². The Kier molecular flexibility index (Phi) is 14.2. The highest BCUT2D eigenvalue weighted by atomic mass is 32.1. The third-order valence-electron chi connectivity index (χ3n) is 5.95. The minimum Gasteiger partial charge on any atom is -0.480 e. The van der Waals surface area contributed by atoms with Crippen molar-refractivity contribution in [3.63, 3.8) is 0 Å². The predicted molar refractivity (Wildman–Crippen MR) is 135 cm³/mol. The molecule has 1 rings (SSSR count). The van der Waals surface area contributed by atoms with E-state index in [2.05, 4.69) is 31.8 Å². The molecule has 1 heterocycles. The maximum Gasteiger partial charge on any atom is 0.317 e. The summed E-state index contributed by atoms with van der Waals surface area (Å²) in [6.45, 7) is 7.81. The van der Waals surface area contributed by atoms with Crippen LogP contribution in [0.1, 0.15) is 20.3 Å². The van der Waals surface area contributed by atoms with Crippen LogP contribution in [0, 0.1) is 5.41 Å². The van der Waals surface area contributed by atoms with E-state index in [9.17, 15) is 29.4 Å². The van der Waals surface area contributed by atoms with Gasteiger partial charge in [0.15, 0.2) is 0 Å². The number of carboxylic acids is 2. The van der Waals surface area contributed by atoms with Crippen LogP contribution in [0.3, 0.4) is 0 Å². The summed E-state index contributed by atoms with van der Waals surface area (Å²) in [7, 11) is 0. The molecule has 2 amide bonds. The Morgan fingerprint density at radius 2 is 1.14 bits per heavy atom. The SMILES string of the molecule is CC(C)(CCS)CNC(=O)CN1CCN(CC(=O)O)CCN(CC(N)=O)CCN(CC(=O)O)CC1. The number of nitrogens with zero attached hydrogens (tertiary/aromatic N) is 4. The highest BCUT2D eigenvalue weighted by molar-refractivity contribution is 7.80. The van der Waals surface area contributed by atoms with Gasteiger partial charge in [-0.3, -0.25) is 38.8 Å². The Morgan fingerprint density at radius 3 is 1.49 bits per heavy atom. The van der Waals surface area contributed by atoms with Gasteiger partial charge in [-0.1, -0.05) is 13.8 Å². The average Bonchev–Trinajstić information content (AvgIpc) is 2.73. The number of nitrogens with one attached hydrogen (secondary N) is 1. The molecule has 1 aliphatic rings. The van der Waals surface area contributed by atoms with Gasteiger partial charge < -0.3 is 21.3 Å². The molecule has 0 bridgehead atoms. The maximum absolute atomic E-state index is 12.7. The Bertz CT molecular complexity index is 678. The van der Waals surface area contributed by atoms with Gasteiger partial charge in [0.1, 0.15) is 0 Å². The van der Waals surface area contributed by atoms with E-state index in [1.807, 2.05) is 9.80 Å². The molecule has 202 valence electrons. The minimum absolute atomic E-state index is 0.0116. The van der Waals surface area contributed by atoms with Crippen molar-refractivity contribution < 1.29 is 29.4 Å². The number of hydrogen-bond acceptors (Lipinski definition) is 9. The first-order valence-corrected chi connectivity index (χ1v) is 12.5. The number of carbonyl (C=O) groups is 4. The fraction of sp³-hybridized carbons (Fsp3) is 0.818. The van der Waals surface area contributed by atoms with E-state index in [0.29, 0.717) is 58.9 Å². The monoisotopic (exact) mass is 518 g/mol. The molecule has 0 saturated carbocycles. The Morgan fingerprint density at radius 1 is 0.771 bits per heavy atom. The van der Waals surface area contributed by atoms with E-state index in [4.69, 9.17) is 5.73 Å². The van der Waals surface area contributed by atoms with Crippen LogP contribution in [0.2, 0.25) is 0 Å². The third kappa shape index (κ3) is 14.9. The number of nitrogens with two attached hydrogens (primary N) is 1. The second kappa shape index (κ2) is 15.9. The fourth-order valence-corrected chi connectivity index (χ4v) is 4.41. The lowest BCUT2D eigenvalue weighted by Crippen LogP contribution is -2.50. The van der Waals surface area contributed by atoms with Crippen LogP contribution >= 0.6 is 12.6 Å². The zero-order chi connectivity index (χ0) is 26.4. The summed E-state index contributed by atoms with van der Waals surface area (Å²) in [6, 6.07) is 0. The smallest absolute Gasteiger partial charge is 0.317 e. The van der Waals surface area contributed by atoms with Crippen molar-refractivity contribution in [1.82, 2.24) is 24.9 Å². The van der Waals surface area contributed by atoms with Gasteiger partial charge in [0.05, 0.1) is 26.2 Å². The first-order valence-electron chi connectivity index (χ1n) is 11.9. The first-order chi connectivity index (χ1) is 16.4. The van der Waals surface area contributed by atoms with Gasteiger partial charge in [-0.25, -0.2) is 0 Å². The van der Waals surface area contributed by atoms with Gasteiger partial charge >= 0.3 is 11.9 Å². The molecule has 35 heavy (non-hydrogen) atoms. The van der Waals surface area contributed by atoms with Crippen LogP contribution in [-0.4, -0.2) is 144 Å². The van der Waals surface area contributed by atoms with Crippen LogP contribution < -0.4 is 11.1 Å². The predicted octanol–water partition coefficient (Wildman–Crippen LogP) is -1.68. The number of carboxylic acid groups (broad SMARTS) is 2. The lowest BCUT2D eigenvalue weighted by Gasteiger charge is -2.33. The van der Waals surface area contributed by atoms with Crippen LogP contribution in [-0.2, 0) is 19.2 Å². The molecular weight excluding hydrogens is 476 g/mol. The van der Waals surface area contributed by atoms with Crippen molar-refractivity contribution in [3.8, 4) is 0 Å². The van der Waals surface area contributed by atoms with Crippen molar-refractivity contribution in [3.05, 3.63) is 0 Å². The number of amides is 2. The fourth-order valence-electron chi connectivity index (χ4n) is 3.80. The largest absolute Gasteiger partial charge is 0.480 e. The van der Waals surface area contributed by atoms with E-state index in [1.54, 1.807) is 9.80 Å². The zero-order valence-corrected chi connectivity index (χ0v) is 21.8. The maximum atomic E-state index is 12.7. The highest BCUT2D eigenvalue weighted by Crippen LogP contribution is 2.19. The Labute approximate surface area is 213 Å². The van der Waals surface area contributed by atoms with E-state index >= 15 is 0 Å². The number of primary amides is 1. The summed E-state index contributed by atoms with van der Waals surface area (Å²) in [5.41, 5.74) is 5.28. The van der Waals surface area contributed by atoms with Gasteiger partial charge in [0.25, 0.3) is 0 Å². The van der Waals surface area contributed by atoms with Crippen LogP contribution in [0.5, 0.6) is 0 Å². The van der Waals surface area contributed by atoms with Crippen molar-refractivity contribution >= 4 is 36.4 Å². The van der Waals surface area contributed by atoms with Crippen molar-refractivity contribution in [2.45, 2.75) is 20.3 Å². The lowest BCUT2D eigenvalue weighted by atomic mass is 9.90. The van der Waals surface area contributed by atoms with Crippen LogP contribution in [0.25, 0.3) is 0 Å². The van der Waals surface area contributed by atoms with Crippen molar-refractivity contribution in [2.24, 2.45) is 11.1 Å². The van der Waals surface area contributed by atoms with E-state index in [1.165, 1.54) is 0 Å². The molecule has 1 fully saturated rings. The van der Waals surface area contributed by atoms with Gasteiger partial charge in [0, 0.05) is 58.9 Å². The molecule has 0 unspecified atom stereocenters. The summed E-state index contributed by atoms with van der Waals surface area (Å²) in [5.74, 6) is -1.82. The zero-order valence-electron chi connectivity index (χ0n) is 20.9. The van der Waals surface area contributed by atoms with E-state index < -0.39 is 17.8 Å². The van der Waals surface area contributed by atoms with Gasteiger partial charge in [-0.15, -0.1) is 0 Å². The molecule has 0 atom stereocenters. The normalized spacial score (nSPS) is 18.4. The summed E-state index contributed by atoms with van der Waals surface area (Å²) >= 11 is 4.27. The average molecular weight is 519 g/mol. The van der Waals surface area contributed by atoms with E-state index in [0.717, 1.165) is 12.2 Å². The molecule has 0 spiro atoms. The first kappa shape index (κ1) is 31.1. The third-order valence-corrected chi connectivity index (χ3v) is 6.17. The highest BCUT2D eigenvalue weighted by Gasteiger charge is 2.22. The molecule has 0 aliphatic carbocycles. The quantitative estimate of drug-likeness (QED) is 0.189. The second-order valence-corrected chi connectivity index (χ2v) is 10.2. The summed E-state index contributed by atoms with van der Waals surface area (Å²) in [5, 5.41) is 21.6. The van der Waals surface area contributed by atoms with Crippen LogP contribution in [0.4, 0.5) is 0 Å². The standard InChI is InChI=1S/C22H42N6O6S/c1-22(2,3-12-35)17-24-19(30)14-26-6-10-27(15-20(31)32)8-4-25(13-18(23)29)5-9-28(11-7-26)16-21(33)34/h35H,3-17H2,1-2H3,(H2,23,29)(H,24,30)(H,31,32)(H,33,34). The van der Waals surface area contributed by atoms with Crippen molar-refractivity contribution in [2.75, 3.05) is 90.8 Å². The van der Waals surface area contributed by atoms with Gasteiger partial charge in [-0.2, -0.15) is 12.6 Å². The Hall–Kier alpha value is -1.93. The Balaban J connectivity index is 2.91. The number of hydrogen-bond donors (Lipinski definition) is 5. The van der Waals surface area contributed by atoms with Gasteiger partial charge in [0.2, 0.25) is 11.8 Å². The van der Waals surface area contributed by atoms with Crippen LogP contribution in [0.15, 0.2) is 0 Å². The number of thiol groups is 1. The summed E-state index contributed by atoms with van der Waals surface area (Å²) < 4.78 is 0. The second-order valence-electron chi connectivity index (χ2n) is 9.77. The molecule has 12 nitrogen and oxygen atoms in total. The molecule has 1 aliphatic heterocycles.